The number of nitriles is 1. The number of carbonyl (C=O) groups is 2. The fraction of sp³-hybridized carbons (Fsp3) is 0.292. The van der Waals surface area contributed by atoms with Crippen molar-refractivity contribution >= 4 is 17.5 Å². The van der Waals surface area contributed by atoms with E-state index in [0.717, 1.165) is 25.0 Å². The van der Waals surface area contributed by atoms with Crippen LogP contribution in [0.25, 0.3) is 0 Å². The lowest BCUT2D eigenvalue weighted by atomic mass is 9.85. The third-order valence-corrected chi connectivity index (χ3v) is 5.56. The van der Waals surface area contributed by atoms with Gasteiger partial charge in [0.2, 0.25) is 11.5 Å². The molecule has 1 unspecified atom stereocenters. The van der Waals surface area contributed by atoms with E-state index in [4.69, 9.17) is 11.0 Å². The number of carbonyl (C=O) groups excluding carboxylic acids is 2. The van der Waals surface area contributed by atoms with E-state index in [1.54, 1.807) is 0 Å². The zero-order valence-corrected chi connectivity index (χ0v) is 17.4. The van der Waals surface area contributed by atoms with Gasteiger partial charge in [-0.25, -0.2) is 0 Å². The van der Waals surface area contributed by atoms with Crippen molar-refractivity contribution in [1.82, 2.24) is 0 Å². The predicted molar refractivity (Wildman–Crippen MR) is 114 cm³/mol. The minimum absolute atomic E-state index is 0.213. The van der Waals surface area contributed by atoms with Crippen LogP contribution in [0.15, 0.2) is 42.5 Å². The minimum atomic E-state index is -4.79. The number of primary amides is 1. The zero-order chi connectivity index (χ0) is 24.2. The third kappa shape index (κ3) is 5.33. The average Bonchev–Trinajstić information content (AvgIpc) is 3.32. The van der Waals surface area contributed by atoms with E-state index < -0.39 is 40.6 Å². The number of benzene rings is 2. The molecule has 6 nitrogen and oxygen atoms in total. The number of hydrogen-bond acceptors (Lipinski definition) is 4. The van der Waals surface area contributed by atoms with Crippen molar-refractivity contribution in [3.05, 3.63) is 64.7 Å². The minimum Gasteiger partial charge on any atom is -0.369 e. The van der Waals surface area contributed by atoms with Gasteiger partial charge in [-0.05, 0) is 55.3 Å². The summed E-state index contributed by atoms with van der Waals surface area (Å²) >= 11 is 0. The van der Waals surface area contributed by atoms with E-state index in [-0.39, 0.29) is 11.3 Å². The maximum Gasteiger partial charge on any atom is 0.417 e. The SMILES string of the molecule is N#Cc1ccc(NC(=O)C(O)(C#Cc2ccc(C(N)=O)cc2)C2CCCC2)cc1C(F)(F)F. The molecule has 1 fully saturated rings. The normalized spacial score (nSPS) is 15.6. The summed E-state index contributed by atoms with van der Waals surface area (Å²) < 4.78 is 39.8. The van der Waals surface area contributed by atoms with Crippen molar-refractivity contribution in [1.29, 1.82) is 5.26 Å². The van der Waals surface area contributed by atoms with Crippen LogP contribution in [0.5, 0.6) is 0 Å². The topological polar surface area (TPSA) is 116 Å². The molecule has 0 heterocycles. The highest BCUT2D eigenvalue weighted by atomic mass is 19.4. The van der Waals surface area contributed by atoms with Gasteiger partial charge in [0, 0.05) is 22.7 Å². The first kappa shape index (κ1) is 23.8. The van der Waals surface area contributed by atoms with E-state index in [9.17, 15) is 27.9 Å². The van der Waals surface area contributed by atoms with Crippen molar-refractivity contribution in [2.45, 2.75) is 37.5 Å². The second kappa shape index (κ2) is 9.35. The molecule has 170 valence electrons. The Morgan fingerprint density at radius 2 is 1.73 bits per heavy atom. The van der Waals surface area contributed by atoms with Crippen LogP contribution in [0, 0.1) is 29.1 Å². The van der Waals surface area contributed by atoms with Crippen LogP contribution in [0.4, 0.5) is 18.9 Å². The Balaban J connectivity index is 1.92. The Morgan fingerprint density at radius 1 is 1.09 bits per heavy atom. The number of nitrogens with one attached hydrogen (secondary N) is 1. The number of aliphatic hydroxyl groups is 1. The van der Waals surface area contributed by atoms with Gasteiger partial charge in [0.1, 0.15) is 0 Å². The number of rotatable bonds is 4. The lowest BCUT2D eigenvalue weighted by Crippen LogP contribution is -2.47. The highest BCUT2D eigenvalue weighted by Gasteiger charge is 2.44. The molecule has 9 heteroatoms. The van der Waals surface area contributed by atoms with Crippen LogP contribution < -0.4 is 11.1 Å². The number of anilines is 1. The van der Waals surface area contributed by atoms with E-state index >= 15 is 0 Å². The Labute approximate surface area is 188 Å². The number of nitrogens with zero attached hydrogens (tertiary/aromatic N) is 1. The van der Waals surface area contributed by atoms with Crippen LogP contribution in [-0.4, -0.2) is 22.5 Å². The van der Waals surface area contributed by atoms with Gasteiger partial charge >= 0.3 is 6.18 Å². The Hall–Kier alpha value is -3.82. The van der Waals surface area contributed by atoms with Crippen LogP contribution in [-0.2, 0) is 11.0 Å². The lowest BCUT2D eigenvalue weighted by molar-refractivity contribution is -0.138. The summed E-state index contributed by atoms with van der Waals surface area (Å²) in [7, 11) is 0. The first-order valence-electron chi connectivity index (χ1n) is 10.1. The summed E-state index contributed by atoms with van der Waals surface area (Å²) in [4.78, 5) is 24.2. The van der Waals surface area contributed by atoms with Crippen LogP contribution >= 0.6 is 0 Å². The average molecular weight is 455 g/mol. The van der Waals surface area contributed by atoms with Crippen molar-refractivity contribution < 1.29 is 27.9 Å². The molecule has 0 saturated heterocycles. The van der Waals surface area contributed by atoms with Gasteiger partial charge in [-0.2, -0.15) is 18.4 Å². The number of alkyl halides is 3. The van der Waals surface area contributed by atoms with Crippen molar-refractivity contribution in [3.63, 3.8) is 0 Å². The summed E-state index contributed by atoms with van der Waals surface area (Å²) in [6, 6.07) is 10.2. The Bertz CT molecular complexity index is 1170. The fourth-order valence-corrected chi connectivity index (χ4v) is 3.75. The molecule has 0 radical (unpaired) electrons. The van der Waals surface area contributed by atoms with E-state index in [1.165, 1.54) is 30.3 Å². The molecule has 4 N–H and O–H groups in total. The monoisotopic (exact) mass is 455 g/mol. The zero-order valence-electron chi connectivity index (χ0n) is 17.4. The van der Waals surface area contributed by atoms with Crippen molar-refractivity contribution in [2.75, 3.05) is 5.32 Å². The number of hydrogen-bond donors (Lipinski definition) is 3. The van der Waals surface area contributed by atoms with Crippen LogP contribution in [0.2, 0.25) is 0 Å². The molecule has 3 rings (SSSR count). The van der Waals surface area contributed by atoms with E-state index in [2.05, 4.69) is 17.2 Å². The second-order valence-corrected chi connectivity index (χ2v) is 7.76. The van der Waals surface area contributed by atoms with Gasteiger partial charge in [-0.15, -0.1) is 0 Å². The number of amides is 2. The molecule has 1 aliphatic rings. The quantitative estimate of drug-likeness (QED) is 0.611. The predicted octanol–water partition coefficient (Wildman–Crippen LogP) is 3.59. The second-order valence-electron chi connectivity index (χ2n) is 7.76. The van der Waals surface area contributed by atoms with Crippen molar-refractivity contribution in [3.8, 4) is 17.9 Å². The maximum absolute atomic E-state index is 13.3. The number of nitrogens with two attached hydrogens (primary N) is 1. The molecule has 1 saturated carbocycles. The summed E-state index contributed by atoms with van der Waals surface area (Å²) in [5.41, 5.74) is 1.76. The van der Waals surface area contributed by atoms with Gasteiger partial charge < -0.3 is 16.2 Å². The van der Waals surface area contributed by atoms with E-state index in [0.29, 0.717) is 24.5 Å². The molecule has 0 aromatic heterocycles. The highest BCUT2D eigenvalue weighted by Crippen LogP contribution is 2.36. The fourth-order valence-electron chi connectivity index (χ4n) is 3.75. The molecule has 0 spiro atoms. The van der Waals surface area contributed by atoms with Gasteiger partial charge in [0.05, 0.1) is 17.2 Å². The van der Waals surface area contributed by atoms with Crippen LogP contribution in [0.1, 0.15) is 52.7 Å². The summed E-state index contributed by atoms with van der Waals surface area (Å²) in [5.74, 6) is 3.24. The van der Waals surface area contributed by atoms with E-state index in [1.807, 2.05) is 0 Å². The molecule has 2 amide bonds. The smallest absolute Gasteiger partial charge is 0.369 e. The molecule has 2 aromatic carbocycles. The largest absolute Gasteiger partial charge is 0.417 e. The Kier molecular flexibility index (Phi) is 6.75. The van der Waals surface area contributed by atoms with Crippen LogP contribution in [0.3, 0.4) is 0 Å². The summed E-state index contributed by atoms with van der Waals surface area (Å²) in [6.45, 7) is 0. The number of halogens is 3. The molecule has 1 aliphatic carbocycles. The molecule has 0 bridgehead atoms. The van der Waals surface area contributed by atoms with Gasteiger partial charge in [0.15, 0.2) is 0 Å². The molecule has 1 atom stereocenters. The maximum atomic E-state index is 13.3. The van der Waals surface area contributed by atoms with Gasteiger partial charge in [-0.1, -0.05) is 24.7 Å². The summed E-state index contributed by atoms with van der Waals surface area (Å²) in [5, 5.41) is 22.5. The molecular formula is C24H20F3N3O3. The lowest BCUT2D eigenvalue weighted by Gasteiger charge is -2.27. The first-order valence-corrected chi connectivity index (χ1v) is 10.1. The Morgan fingerprint density at radius 3 is 2.27 bits per heavy atom. The third-order valence-electron chi connectivity index (χ3n) is 5.56. The first-order chi connectivity index (χ1) is 15.5. The standard InChI is InChI=1S/C24H20F3N3O3/c25-24(26,27)20-13-19(10-9-17(20)14-28)30-22(32)23(33,18-3-1-2-4-18)12-11-15-5-7-16(8-6-15)21(29)31/h5-10,13,18,33H,1-4H2,(H2,29,31)(H,30,32). The van der Waals surface area contributed by atoms with Gasteiger partial charge in [-0.3, -0.25) is 9.59 Å². The molecule has 33 heavy (non-hydrogen) atoms. The van der Waals surface area contributed by atoms with Gasteiger partial charge in [0.25, 0.3) is 5.91 Å². The van der Waals surface area contributed by atoms with Crippen molar-refractivity contribution in [2.24, 2.45) is 11.7 Å². The molecule has 2 aromatic rings. The molecule has 0 aliphatic heterocycles. The molecular weight excluding hydrogens is 435 g/mol. The highest BCUT2D eigenvalue weighted by molar-refractivity contribution is 6.00. The summed E-state index contributed by atoms with van der Waals surface area (Å²) in [6.07, 6.45) is -2.17.